The summed E-state index contributed by atoms with van der Waals surface area (Å²) >= 11 is 1.44. The highest BCUT2D eigenvalue weighted by Gasteiger charge is 2.27. The number of benzene rings is 2. The standard InChI is InChI=1S/C19H15N5O3S/c1-11-21-22-19-24(11)23-18(28-19)12-5-4-6-13(9-12)20-17(25)16-10-26-14-7-2-3-8-15(14)27-16/h2-9,16H,10H2,1H3,(H,20,25)/t16-/m1/s1. The van der Waals surface area contributed by atoms with Crippen LogP contribution in [0.3, 0.4) is 0 Å². The summed E-state index contributed by atoms with van der Waals surface area (Å²) in [4.78, 5) is 13.3. The molecule has 1 N–H and O–H groups in total. The fraction of sp³-hybridized carbons (Fsp3) is 0.158. The second-order valence-electron chi connectivity index (χ2n) is 6.28. The van der Waals surface area contributed by atoms with Crippen molar-refractivity contribution < 1.29 is 14.3 Å². The van der Waals surface area contributed by atoms with Gasteiger partial charge in [0.15, 0.2) is 17.3 Å². The van der Waals surface area contributed by atoms with E-state index in [0.29, 0.717) is 17.2 Å². The van der Waals surface area contributed by atoms with E-state index in [1.54, 1.807) is 10.6 Å². The number of carbonyl (C=O) groups excluding carboxylic acids is 1. The van der Waals surface area contributed by atoms with Crippen LogP contribution in [-0.4, -0.2) is 38.4 Å². The van der Waals surface area contributed by atoms with E-state index in [9.17, 15) is 4.79 Å². The normalized spacial score (nSPS) is 15.5. The number of aryl methyl sites for hydroxylation is 1. The van der Waals surface area contributed by atoms with E-state index in [4.69, 9.17) is 9.47 Å². The Morgan fingerprint density at radius 2 is 2.04 bits per heavy atom. The molecular formula is C19H15N5O3S. The van der Waals surface area contributed by atoms with Crippen molar-refractivity contribution >= 4 is 27.9 Å². The maximum atomic E-state index is 12.6. The van der Waals surface area contributed by atoms with Gasteiger partial charge in [-0.3, -0.25) is 4.79 Å². The van der Waals surface area contributed by atoms with Gasteiger partial charge in [0.05, 0.1) is 0 Å². The molecule has 9 heteroatoms. The van der Waals surface area contributed by atoms with E-state index in [-0.39, 0.29) is 12.5 Å². The molecule has 1 aliphatic rings. The van der Waals surface area contributed by atoms with Gasteiger partial charge in [0.1, 0.15) is 11.6 Å². The molecule has 3 heterocycles. The van der Waals surface area contributed by atoms with Gasteiger partial charge in [-0.15, -0.1) is 10.2 Å². The van der Waals surface area contributed by atoms with Gasteiger partial charge in [0, 0.05) is 11.3 Å². The number of para-hydroxylation sites is 2. The van der Waals surface area contributed by atoms with Crippen molar-refractivity contribution in [3.05, 3.63) is 54.4 Å². The summed E-state index contributed by atoms with van der Waals surface area (Å²) in [5.41, 5.74) is 1.55. The zero-order valence-corrected chi connectivity index (χ0v) is 15.6. The lowest BCUT2D eigenvalue weighted by molar-refractivity contribution is -0.125. The molecule has 5 rings (SSSR count). The average Bonchev–Trinajstić information content (AvgIpc) is 3.30. The minimum Gasteiger partial charge on any atom is -0.485 e. The van der Waals surface area contributed by atoms with Gasteiger partial charge >= 0.3 is 0 Å². The van der Waals surface area contributed by atoms with E-state index in [1.165, 1.54) is 11.3 Å². The number of carbonyl (C=O) groups is 1. The molecule has 0 fully saturated rings. The zero-order valence-electron chi connectivity index (χ0n) is 14.8. The van der Waals surface area contributed by atoms with Gasteiger partial charge in [-0.05, 0) is 31.2 Å². The predicted molar refractivity (Wildman–Crippen MR) is 104 cm³/mol. The van der Waals surface area contributed by atoms with Crippen molar-refractivity contribution in [3.8, 4) is 22.1 Å². The Balaban J connectivity index is 1.34. The fourth-order valence-corrected chi connectivity index (χ4v) is 3.81. The predicted octanol–water partition coefficient (Wildman–Crippen LogP) is 2.94. The third-order valence-corrected chi connectivity index (χ3v) is 5.27. The van der Waals surface area contributed by atoms with Crippen LogP contribution in [0.4, 0.5) is 5.69 Å². The molecule has 2 aromatic heterocycles. The Kier molecular flexibility index (Phi) is 3.94. The fourth-order valence-electron chi connectivity index (χ4n) is 2.93. The van der Waals surface area contributed by atoms with Crippen molar-refractivity contribution in [1.82, 2.24) is 19.8 Å². The van der Waals surface area contributed by atoms with Crippen LogP contribution in [0.1, 0.15) is 5.82 Å². The number of fused-ring (bicyclic) bond motifs is 2. The Bertz CT molecular complexity index is 1190. The maximum absolute atomic E-state index is 12.6. The van der Waals surface area contributed by atoms with Crippen LogP contribution in [0.25, 0.3) is 15.5 Å². The van der Waals surface area contributed by atoms with Gasteiger partial charge in [-0.2, -0.15) is 9.61 Å². The van der Waals surface area contributed by atoms with E-state index in [2.05, 4.69) is 20.6 Å². The van der Waals surface area contributed by atoms with Crippen molar-refractivity contribution in [3.63, 3.8) is 0 Å². The summed E-state index contributed by atoms with van der Waals surface area (Å²) in [6.07, 6.45) is -0.713. The number of rotatable bonds is 3. The molecule has 140 valence electrons. The van der Waals surface area contributed by atoms with Crippen LogP contribution in [-0.2, 0) is 4.79 Å². The summed E-state index contributed by atoms with van der Waals surface area (Å²) in [5.74, 6) is 1.68. The zero-order chi connectivity index (χ0) is 19.1. The first-order chi connectivity index (χ1) is 13.7. The topological polar surface area (TPSA) is 90.6 Å². The van der Waals surface area contributed by atoms with Crippen LogP contribution in [0.2, 0.25) is 0 Å². The molecule has 0 bridgehead atoms. The molecular weight excluding hydrogens is 378 g/mol. The summed E-state index contributed by atoms with van der Waals surface area (Å²) in [6, 6.07) is 14.8. The molecule has 1 aliphatic heterocycles. The van der Waals surface area contributed by atoms with Crippen molar-refractivity contribution in [1.29, 1.82) is 0 Å². The largest absolute Gasteiger partial charge is 0.485 e. The molecule has 28 heavy (non-hydrogen) atoms. The first kappa shape index (κ1) is 16.7. The second-order valence-corrected chi connectivity index (χ2v) is 7.24. The molecule has 0 aliphatic carbocycles. The minimum atomic E-state index is -0.713. The first-order valence-electron chi connectivity index (χ1n) is 8.66. The van der Waals surface area contributed by atoms with E-state index in [1.807, 2.05) is 49.4 Å². The van der Waals surface area contributed by atoms with E-state index < -0.39 is 6.10 Å². The number of amides is 1. The number of nitrogens with one attached hydrogen (secondary N) is 1. The first-order valence-corrected chi connectivity index (χ1v) is 9.48. The molecule has 0 unspecified atom stereocenters. The Hall–Kier alpha value is -3.46. The van der Waals surface area contributed by atoms with Crippen molar-refractivity contribution in [2.75, 3.05) is 11.9 Å². The smallest absolute Gasteiger partial charge is 0.269 e. The highest BCUT2D eigenvalue weighted by Crippen LogP contribution is 2.31. The van der Waals surface area contributed by atoms with Gasteiger partial charge in [0.25, 0.3) is 5.91 Å². The number of aromatic nitrogens is 4. The van der Waals surface area contributed by atoms with Crippen LogP contribution in [0, 0.1) is 6.92 Å². The van der Waals surface area contributed by atoms with E-state index in [0.717, 1.165) is 21.4 Å². The number of hydrogen-bond acceptors (Lipinski definition) is 7. The van der Waals surface area contributed by atoms with Crippen LogP contribution in [0.15, 0.2) is 48.5 Å². The lowest BCUT2D eigenvalue weighted by Gasteiger charge is -2.25. The maximum Gasteiger partial charge on any atom is 0.269 e. The van der Waals surface area contributed by atoms with Crippen molar-refractivity contribution in [2.24, 2.45) is 0 Å². The number of nitrogens with zero attached hydrogens (tertiary/aromatic N) is 4. The van der Waals surface area contributed by atoms with Gasteiger partial charge in [0.2, 0.25) is 11.1 Å². The third-order valence-electron chi connectivity index (χ3n) is 4.32. The van der Waals surface area contributed by atoms with E-state index >= 15 is 0 Å². The molecule has 0 radical (unpaired) electrons. The van der Waals surface area contributed by atoms with Gasteiger partial charge in [-0.1, -0.05) is 35.6 Å². The third kappa shape index (κ3) is 2.95. The summed E-state index contributed by atoms with van der Waals surface area (Å²) in [6.45, 7) is 2.02. The average molecular weight is 393 g/mol. The van der Waals surface area contributed by atoms with Crippen molar-refractivity contribution in [2.45, 2.75) is 13.0 Å². The molecule has 4 aromatic rings. The Labute approximate surface area is 163 Å². The molecule has 1 amide bonds. The SMILES string of the molecule is Cc1nnc2sc(-c3cccc(NC(=O)[C@H]4COc5ccccc5O4)c3)nn12. The minimum absolute atomic E-state index is 0.165. The van der Waals surface area contributed by atoms with Crippen LogP contribution >= 0.6 is 11.3 Å². The van der Waals surface area contributed by atoms with Crippen LogP contribution in [0.5, 0.6) is 11.5 Å². The summed E-state index contributed by atoms with van der Waals surface area (Å²) in [7, 11) is 0. The lowest BCUT2D eigenvalue weighted by atomic mass is 10.2. The summed E-state index contributed by atoms with van der Waals surface area (Å²) in [5, 5.41) is 16.3. The Morgan fingerprint density at radius 3 is 2.89 bits per heavy atom. The molecule has 1 atom stereocenters. The second kappa shape index (κ2) is 6.61. The highest BCUT2D eigenvalue weighted by molar-refractivity contribution is 7.19. The van der Waals surface area contributed by atoms with Gasteiger partial charge < -0.3 is 14.8 Å². The van der Waals surface area contributed by atoms with Gasteiger partial charge in [-0.25, -0.2) is 0 Å². The Morgan fingerprint density at radius 1 is 1.18 bits per heavy atom. The number of anilines is 1. The lowest BCUT2D eigenvalue weighted by Crippen LogP contribution is -2.40. The molecule has 0 spiro atoms. The highest BCUT2D eigenvalue weighted by atomic mass is 32.1. The monoisotopic (exact) mass is 393 g/mol. The molecule has 2 aromatic carbocycles. The quantitative estimate of drug-likeness (QED) is 0.576. The number of ether oxygens (including phenoxy) is 2. The molecule has 0 saturated heterocycles. The number of hydrogen-bond donors (Lipinski definition) is 1. The molecule has 8 nitrogen and oxygen atoms in total. The summed E-state index contributed by atoms with van der Waals surface area (Å²) < 4.78 is 13.1. The molecule has 0 saturated carbocycles. The van der Waals surface area contributed by atoms with Crippen LogP contribution < -0.4 is 14.8 Å².